The highest BCUT2D eigenvalue weighted by atomic mass is 16.3. The third kappa shape index (κ3) is 3.35. The first-order chi connectivity index (χ1) is 13.8. The summed E-state index contributed by atoms with van der Waals surface area (Å²) in [5.74, 6) is 1.60. The van der Waals surface area contributed by atoms with Crippen LogP contribution < -0.4 is 0 Å². The molecule has 0 saturated heterocycles. The van der Waals surface area contributed by atoms with Crippen LogP contribution in [0.1, 0.15) is 22.9 Å². The van der Waals surface area contributed by atoms with E-state index in [2.05, 4.69) is 18.2 Å². The summed E-state index contributed by atoms with van der Waals surface area (Å²) in [5.41, 5.74) is 3.57. The molecule has 0 N–H and O–H groups in total. The summed E-state index contributed by atoms with van der Waals surface area (Å²) in [6, 6.07) is 19.8. The maximum atomic E-state index is 5.33. The van der Waals surface area contributed by atoms with Crippen molar-refractivity contribution >= 4 is 46.1 Å². The minimum Gasteiger partial charge on any atom is -0.465 e. The molecule has 0 bridgehead atoms. The number of pyridine rings is 2. The predicted molar refractivity (Wildman–Crippen MR) is 112 cm³/mol. The molecule has 0 aliphatic rings. The predicted octanol–water partition coefficient (Wildman–Crippen LogP) is 6.31. The summed E-state index contributed by atoms with van der Waals surface area (Å²) in [7, 11) is 0. The minimum atomic E-state index is 0.801. The lowest BCUT2D eigenvalue weighted by molar-refractivity contribution is 0.557. The van der Waals surface area contributed by atoms with Crippen molar-refractivity contribution in [2.75, 3.05) is 0 Å². The molecule has 4 aromatic heterocycles. The third-order valence-electron chi connectivity index (χ3n) is 4.47. The number of benzene rings is 1. The van der Waals surface area contributed by atoms with E-state index in [1.54, 1.807) is 12.5 Å². The lowest BCUT2D eigenvalue weighted by atomic mass is 10.1. The van der Waals surface area contributed by atoms with E-state index in [9.17, 15) is 0 Å². The van der Waals surface area contributed by atoms with Gasteiger partial charge in [0, 0.05) is 10.8 Å². The molecule has 5 aromatic rings. The van der Waals surface area contributed by atoms with Crippen LogP contribution >= 0.6 is 0 Å². The van der Waals surface area contributed by atoms with Gasteiger partial charge in [-0.25, -0.2) is 9.97 Å². The Balaban J connectivity index is 1.50. The van der Waals surface area contributed by atoms with Crippen molar-refractivity contribution in [3.63, 3.8) is 0 Å². The van der Waals surface area contributed by atoms with Crippen LogP contribution in [-0.2, 0) is 0 Å². The lowest BCUT2D eigenvalue weighted by Crippen LogP contribution is -1.87. The molecular formula is C24H16N2O2. The van der Waals surface area contributed by atoms with Gasteiger partial charge in [-0.15, -0.1) is 0 Å². The Kier molecular flexibility index (Phi) is 4.07. The molecule has 0 radical (unpaired) electrons. The van der Waals surface area contributed by atoms with E-state index in [1.165, 1.54) is 0 Å². The second-order valence-corrected chi connectivity index (χ2v) is 6.41. The average molecular weight is 364 g/mol. The highest BCUT2D eigenvalue weighted by Crippen LogP contribution is 2.22. The zero-order valence-corrected chi connectivity index (χ0v) is 14.9. The monoisotopic (exact) mass is 364 g/mol. The molecule has 0 aliphatic carbocycles. The Morgan fingerprint density at radius 2 is 1.11 bits per heavy atom. The maximum absolute atomic E-state index is 5.33. The summed E-state index contributed by atoms with van der Waals surface area (Å²) >= 11 is 0. The Morgan fingerprint density at radius 3 is 1.57 bits per heavy atom. The quantitative estimate of drug-likeness (QED) is 0.351. The van der Waals surface area contributed by atoms with Crippen LogP contribution in [0.4, 0.5) is 0 Å². The molecule has 0 fully saturated rings. The van der Waals surface area contributed by atoms with Gasteiger partial charge in [0.05, 0.1) is 34.9 Å². The number of fused-ring (bicyclic) bond motifs is 2. The van der Waals surface area contributed by atoms with Gasteiger partial charge in [-0.2, -0.15) is 0 Å². The van der Waals surface area contributed by atoms with Crippen LogP contribution in [-0.4, -0.2) is 9.97 Å². The molecule has 4 heterocycles. The Bertz CT molecular complexity index is 1200. The van der Waals surface area contributed by atoms with Crippen molar-refractivity contribution in [2.24, 2.45) is 0 Å². The van der Waals surface area contributed by atoms with Crippen molar-refractivity contribution in [1.29, 1.82) is 0 Å². The fraction of sp³-hybridized carbons (Fsp3) is 0. The van der Waals surface area contributed by atoms with Crippen LogP contribution in [0, 0.1) is 0 Å². The topological polar surface area (TPSA) is 52.1 Å². The highest BCUT2D eigenvalue weighted by molar-refractivity contribution is 5.95. The molecule has 0 aliphatic heterocycles. The standard InChI is InChI=1S/C24H16N2O2/c1-3-21(27-13-1)11-9-19-7-5-17-15-18-6-8-20(10-12-22-4-2-14-28-22)26-24(18)16-23(17)25-19/h1-16H/b11-9-,12-10+. The Morgan fingerprint density at radius 1 is 0.571 bits per heavy atom. The molecule has 4 nitrogen and oxygen atoms in total. The smallest absolute Gasteiger partial charge is 0.126 e. The van der Waals surface area contributed by atoms with E-state index in [1.807, 2.05) is 66.8 Å². The van der Waals surface area contributed by atoms with Gasteiger partial charge >= 0.3 is 0 Å². The molecule has 0 amide bonds. The Hall–Kier alpha value is -3.92. The fourth-order valence-corrected chi connectivity index (χ4v) is 3.07. The van der Waals surface area contributed by atoms with E-state index < -0.39 is 0 Å². The minimum absolute atomic E-state index is 0.801. The summed E-state index contributed by atoms with van der Waals surface area (Å²) in [6.07, 6.45) is 11.0. The first-order valence-electron chi connectivity index (χ1n) is 8.98. The molecule has 1 aromatic carbocycles. The number of furan rings is 2. The SMILES string of the molecule is C(=C/c1ccco1)/c1ccc2cc3ccc(/C=C/c4ccco4)nc3cc2n1. The molecular weight excluding hydrogens is 348 g/mol. The molecule has 0 saturated carbocycles. The van der Waals surface area contributed by atoms with E-state index in [0.29, 0.717) is 0 Å². The van der Waals surface area contributed by atoms with E-state index in [4.69, 9.17) is 18.8 Å². The van der Waals surface area contributed by atoms with E-state index >= 15 is 0 Å². The van der Waals surface area contributed by atoms with E-state index in [0.717, 1.165) is 44.7 Å². The van der Waals surface area contributed by atoms with Crippen LogP contribution in [0.2, 0.25) is 0 Å². The second kappa shape index (κ2) is 7.00. The van der Waals surface area contributed by atoms with Crippen LogP contribution in [0.3, 0.4) is 0 Å². The van der Waals surface area contributed by atoms with Crippen LogP contribution in [0.15, 0.2) is 82.0 Å². The first-order valence-corrected chi connectivity index (χ1v) is 8.98. The van der Waals surface area contributed by atoms with Gasteiger partial charge in [0.15, 0.2) is 0 Å². The summed E-state index contributed by atoms with van der Waals surface area (Å²) in [5, 5.41) is 2.17. The van der Waals surface area contributed by atoms with Crippen molar-refractivity contribution in [1.82, 2.24) is 9.97 Å². The van der Waals surface area contributed by atoms with Gasteiger partial charge in [0.25, 0.3) is 0 Å². The highest BCUT2D eigenvalue weighted by Gasteiger charge is 2.03. The second-order valence-electron chi connectivity index (χ2n) is 6.41. The Labute approximate surface area is 161 Å². The zero-order valence-electron chi connectivity index (χ0n) is 14.9. The zero-order chi connectivity index (χ0) is 18.8. The summed E-state index contributed by atoms with van der Waals surface area (Å²) in [6.45, 7) is 0. The van der Waals surface area contributed by atoms with Crippen molar-refractivity contribution in [3.05, 3.63) is 96.1 Å². The molecule has 0 spiro atoms. The first kappa shape index (κ1) is 16.3. The normalized spacial score (nSPS) is 12.0. The number of hydrogen-bond donors (Lipinski definition) is 0. The summed E-state index contributed by atoms with van der Waals surface area (Å²) < 4.78 is 10.7. The molecule has 5 rings (SSSR count). The maximum Gasteiger partial charge on any atom is 0.126 e. The van der Waals surface area contributed by atoms with Gasteiger partial charge in [-0.05, 0) is 72.8 Å². The summed E-state index contributed by atoms with van der Waals surface area (Å²) in [4.78, 5) is 9.48. The molecule has 28 heavy (non-hydrogen) atoms. The van der Waals surface area contributed by atoms with Gasteiger partial charge in [0.1, 0.15) is 11.5 Å². The third-order valence-corrected chi connectivity index (χ3v) is 4.47. The average Bonchev–Trinajstić information content (AvgIpc) is 3.43. The molecule has 0 atom stereocenters. The van der Waals surface area contributed by atoms with Gasteiger partial charge in [-0.1, -0.05) is 12.1 Å². The van der Waals surface area contributed by atoms with Gasteiger partial charge < -0.3 is 8.83 Å². The van der Waals surface area contributed by atoms with E-state index in [-0.39, 0.29) is 0 Å². The molecule has 4 heteroatoms. The fourth-order valence-electron chi connectivity index (χ4n) is 3.07. The number of aromatic nitrogens is 2. The van der Waals surface area contributed by atoms with Crippen molar-refractivity contribution < 1.29 is 8.83 Å². The number of hydrogen-bond acceptors (Lipinski definition) is 4. The number of nitrogens with zero attached hydrogens (tertiary/aromatic N) is 2. The van der Waals surface area contributed by atoms with Crippen molar-refractivity contribution in [2.45, 2.75) is 0 Å². The lowest BCUT2D eigenvalue weighted by Gasteiger charge is -2.04. The van der Waals surface area contributed by atoms with Crippen molar-refractivity contribution in [3.8, 4) is 0 Å². The van der Waals surface area contributed by atoms with Gasteiger partial charge in [-0.3, -0.25) is 0 Å². The number of rotatable bonds is 4. The molecule has 0 unspecified atom stereocenters. The van der Waals surface area contributed by atoms with Crippen LogP contribution in [0.5, 0.6) is 0 Å². The van der Waals surface area contributed by atoms with Gasteiger partial charge in [0.2, 0.25) is 0 Å². The largest absolute Gasteiger partial charge is 0.465 e. The molecule has 134 valence electrons. The van der Waals surface area contributed by atoms with Crippen LogP contribution in [0.25, 0.3) is 46.1 Å².